The Bertz CT molecular complexity index is 757. The molecule has 0 aliphatic heterocycles. The summed E-state index contributed by atoms with van der Waals surface area (Å²) < 4.78 is 6.23. The molecule has 0 radical (unpaired) electrons. The third kappa shape index (κ3) is 5.99. The molecule has 4 heteroatoms. The summed E-state index contributed by atoms with van der Waals surface area (Å²) in [6.07, 6.45) is 16.4. The van der Waals surface area contributed by atoms with Crippen LogP contribution >= 0.6 is 0 Å². The van der Waals surface area contributed by atoms with Crippen LogP contribution in [0.2, 0.25) is 0 Å². The van der Waals surface area contributed by atoms with Crippen LogP contribution in [0.1, 0.15) is 109 Å². The summed E-state index contributed by atoms with van der Waals surface area (Å²) >= 11 is 0. The van der Waals surface area contributed by atoms with Gasteiger partial charge in [0.15, 0.2) is 0 Å². The number of rotatable bonds is 7. The fourth-order valence-corrected chi connectivity index (χ4v) is 7.66. The van der Waals surface area contributed by atoms with E-state index in [-0.39, 0.29) is 6.10 Å². The Labute approximate surface area is 207 Å². The molecule has 1 aromatic rings. The Morgan fingerprint density at radius 1 is 0.824 bits per heavy atom. The highest BCUT2D eigenvalue weighted by Gasteiger charge is 2.43. The molecule has 4 aliphatic carbocycles. The van der Waals surface area contributed by atoms with E-state index < -0.39 is 0 Å². The lowest BCUT2D eigenvalue weighted by Gasteiger charge is -2.46. The Balaban J connectivity index is 1.13. The minimum absolute atomic E-state index is 0.220. The first-order chi connectivity index (χ1) is 16.6. The maximum absolute atomic E-state index is 6.33. The molecule has 2 bridgehead atoms. The lowest BCUT2D eigenvalue weighted by atomic mass is 9.63. The predicted molar refractivity (Wildman–Crippen MR) is 137 cm³/mol. The van der Waals surface area contributed by atoms with Gasteiger partial charge in [0.1, 0.15) is 5.75 Å². The average molecular weight is 470 g/mol. The van der Waals surface area contributed by atoms with Gasteiger partial charge in [0.2, 0.25) is 0 Å². The Morgan fingerprint density at radius 2 is 1.62 bits per heavy atom. The van der Waals surface area contributed by atoms with Crippen molar-refractivity contribution < 1.29 is 14.5 Å². The van der Waals surface area contributed by atoms with Crippen LogP contribution in [-0.2, 0) is 9.78 Å². The summed E-state index contributed by atoms with van der Waals surface area (Å²) in [7, 11) is 0. The molecule has 2 N–H and O–H groups in total. The maximum atomic E-state index is 6.33. The molecule has 4 nitrogen and oxygen atoms in total. The van der Waals surface area contributed by atoms with Crippen molar-refractivity contribution in [2.75, 3.05) is 0 Å². The lowest BCUT2D eigenvalue weighted by molar-refractivity contribution is -0.378. The SMILES string of the molecule is CCC1CC2CC(C)CC(C2)C1OOC1CCCC(c2ccc(OC3CCC(N)CC3)cc2)C1. The molecular weight excluding hydrogens is 422 g/mol. The second-order valence-electron chi connectivity index (χ2n) is 12.2. The van der Waals surface area contributed by atoms with Gasteiger partial charge in [-0.3, -0.25) is 0 Å². The molecule has 4 saturated carbocycles. The molecular formula is C30H47NO3. The Morgan fingerprint density at radius 3 is 2.38 bits per heavy atom. The molecule has 0 spiro atoms. The van der Waals surface area contributed by atoms with Gasteiger partial charge >= 0.3 is 0 Å². The third-order valence-corrected chi connectivity index (χ3v) is 9.47. The zero-order valence-electron chi connectivity index (χ0n) is 21.5. The smallest absolute Gasteiger partial charge is 0.119 e. The highest BCUT2D eigenvalue weighted by Crippen LogP contribution is 2.47. The molecule has 7 atom stereocenters. The summed E-state index contributed by atoms with van der Waals surface area (Å²) in [5.74, 6) is 4.67. The predicted octanol–water partition coefficient (Wildman–Crippen LogP) is 7.16. The van der Waals surface area contributed by atoms with Crippen LogP contribution in [0.4, 0.5) is 0 Å². The lowest BCUT2D eigenvalue weighted by Crippen LogP contribution is -2.43. The number of benzene rings is 1. The molecule has 34 heavy (non-hydrogen) atoms. The van der Waals surface area contributed by atoms with Gasteiger partial charge < -0.3 is 10.5 Å². The first-order valence-corrected chi connectivity index (χ1v) is 14.4. The first-order valence-electron chi connectivity index (χ1n) is 14.4. The topological polar surface area (TPSA) is 53.7 Å². The Hall–Kier alpha value is -1.10. The number of hydrogen-bond donors (Lipinski definition) is 1. The van der Waals surface area contributed by atoms with Crippen molar-refractivity contribution in [2.45, 2.75) is 128 Å². The normalized spacial score (nSPS) is 40.6. The van der Waals surface area contributed by atoms with E-state index in [1.807, 2.05) is 0 Å². The molecule has 0 saturated heterocycles. The van der Waals surface area contributed by atoms with Crippen LogP contribution in [0.5, 0.6) is 5.75 Å². The van der Waals surface area contributed by atoms with E-state index in [1.54, 1.807) is 0 Å². The quantitative estimate of drug-likeness (QED) is 0.340. The standard InChI is InChI=1S/C30H47NO3/c1-3-22-17-21-15-20(2)16-25(18-21)30(22)34-33-29-6-4-5-24(19-29)23-7-11-27(12-8-23)32-28-13-9-26(31)10-14-28/h7-8,11-12,20-22,24-26,28-30H,3-6,9-10,13-19,31H2,1-2H3. The van der Waals surface area contributed by atoms with Crippen molar-refractivity contribution in [1.82, 2.24) is 0 Å². The molecule has 0 amide bonds. The molecule has 5 rings (SSSR count). The fraction of sp³-hybridized carbons (Fsp3) is 0.800. The van der Waals surface area contributed by atoms with Gasteiger partial charge in [0, 0.05) is 6.04 Å². The van der Waals surface area contributed by atoms with Crippen LogP contribution in [-0.4, -0.2) is 24.4 Å². The van der Waals surface area contributed by atoms with Gasteiger partial charge in [-0.25, -0.2) is 9.78 Å². The van der Waals surface area contributed by atoms with Crippen molar-refractivity contribution >= 4 is 0 Å². The summed E-state index contributed by atoms with van der Waals surface area (Å²) in [5.41, 5.74) is 7.45. The van der Waals surface area contributed by atoms with Crippen LogP contribution in [0.25, 0.3) is 0 Å². The van der Waals surface area contributed by atoms with Gasteiger partial charge in [-0.1, -0.05) is 38.8 Å². The van der Waals surface area contributed by atoms with Crippen molar-refractivity contribution in [3.63, 3.8) is 0 Å². The van der Waals surface area contributed by atoms with Gasteiger partial charge in [-0.05, 0) is 118 Å². The summed E-state index contributed by atoms with van der Waals surface area (Å²) in [6.45, 7) is 4.76. The van der Waals surface area contributed by atoms with E-state index in [0.29, 0.717) is 36.0 Å². The first kappa shape index (κ1) is 24.6. The van der Waals surface area contributed by atoms with Crippen LogP contribution in [0.15, 0.2) is 24.3 Å². The van der Waals surface area contributed by atoms with Crippen LogP contribution in [0, 0.1) is 23.7 Å². The van der Waals surface area contributed by atoms with Crippen LogP contribution in [0.3, 0.4) is 0 Å². The van der Waals surface area contributed by atoms with Gasteiger partial charge in [0.05, 0.1) is 18.3 Å². The zero-order chi connectivity index (χ0) is 23.5. The van der Waals surface area contributed by atoms with E-state index in [4.69, 9.17) is 20.2 Å². The van der Waals surface area contributed by atoms with E-state index in [2.05, 4.69) is 38.1 Å². The molecule has 0 heterocycles. The van der Waals surface area contributed by atoms with Crippen molar-refractivity contribution in [3.8, 4) is 5.75 Å². The summed E-state index contributed by atoms with van der Waals surface area (Å²) in [5, 5.41) is 0. The summed E-state index contributed by atoms with van der Waals surface area (Å²) in [6, 6.07) is 9.24. The van der Waals surface area contributed by atoms with E-state index in [9.17, 15) is 0 Å². The summed E-state index contributed by atoms with van der Waals surface area (Å²) in [4.78, 5) is 12.6. The van der Waals surface area contributed by atoms with Crippen molar-refractivity contribution in [1.29, 1.82) is 0 Å². The van der Waals surface area contributed by atoms with E-state index in [0.717, 1.165) is 56.1 Å². The van der Waals surface area contributed by atoms with E-state index >= 15 is 0 Å². The minimum atomic E-state index is 0.220. The maximum Gasteiger partial charge on any atom is 0.119 e. The number of hydrogen-bond acceptors (Lipinski definition) is 4. The monoisotopic (exact) mass is 469 g/mol. The van der Waals surface area contributed by atoms with Crippen molar-refractivity contribution in [2.24, 2.45) is 29.4 Å². The second kappa shape index (κ2) is 11.3. The van der Waals surface area contributed by atoms with E-state index in [1.165, 1.54) is 50.5 Å². The van der Waals surface area contributed by atoms with Gasteiger partial charge in [-0.15, -0.1) is 0 Å². The average Bonchev–Trinajstić information content (AvgIpc) is 2.85. The van der Waals surface area contributed by atoms with Crippen LogP contribution < -0.4 is 10.5 Å². The highest BCUT2D eigenvalue weighted by molar-refractivity contribution is 5.30. The Kier molecular flexibility index (Phi) is 8.18. The number of nitrogens with two attached hydrogens (primary N) is 1. The molecule has 1 aromatic carbocycles. The molecule has 4 fully saturated rings. The molecule has 4 aliphatic rings. The van der Waals surface area contributed by atoms with Gasteiger partial charge in [0.25, 0.3) is 0 Å². The largest absolute Gasteiger partial charge is 0.490 e. The molecule has 0 aromatic heterocycles. The molecule has 7 unspecified atom stereocenters. The number of fused-ring (bicyclic) bond motifs is 2. The molecule has 190 valence electrons. The number of ether oxygens (including phenoxy) is 1. The fourth-order valence-electron chi connectivity index (χ4n) is 7.66. The second-order valence-corrected chi connectivity index (χ2v) is 12.2. The van der Waals surface area contributed by atoms with Gasteiger partial charge in [-0.2, -0.15) is 0 Å². The minimum Gasteiger partial charge on any atom is -0.490 e. The van der Waals surface area contributed by atoms with Crippen molar-refractivity contribution in [3.05, 3.63) is 29.8 Å². The zero-order valence-corrected chi connectivity index (χ0v) is 21.5. The third-order valence-electron chi connectivity index (χ3n) is 9.47. The highest BCUT2D eigenvalue weighted by atomic mass is 17.2.